The van der Waals surface area contributed by atoms with Crippen molar-refractivity contribution in [3.05, 3.63) is 63.6 Å². The Labute approximate surface area is 177 Å². The molecule has 0 radical (unpaired) electrons. The van der Waals surface area contributed by atoms with Crippen molar-refractivity contribution in [3.63, 3.8) is 0 Å². The van der Waals surface area contributed by atoms with Crippen molar-refractivity contribution >= 4 is 33.9 Å². The number of benzene rings is 2. The van der Waals surface area contributed by atoms with Gasteiger partial charge < -0.3 is 14.2 Å². The highest BCUT2D eigenvalue weighted by Crippen LogP contribution is 2.26. The predicted molar refractivity (Wildman–Crippen MR) is 111 cm³/mol. The Balaban J connectivity index is 1.87. The third-order valence-corrected chi connectivity index (χ3v) is 4.42. The van der Waals surface area contributed by atoms with Crippen LogP contribution in [-0.4, -0.2) is 25.7 Å². The number of carbonyl (C=O) groups is 2. The topological polar surface area (TPSA) is 85.6 Å². The van der Waals surface area contributed by atoms with E-state index in [9.17, 15) is 9.59 Å². The summed E-state index contributed by atoms with van der Waals surface area (Å²) < 4.78 is 16.4. The molecule has 0 aliphatic rings. The normalized spacial score (nSPS) is 10.8. The quantitative estimate of drug-likeness (QED) is 0.189. The minimum atomic E-state index is -0.727. The Morgan fingerprint density at radius 1 is 1.21 bits per heavy atom. The molecule has 0 atom stereocenters. The molecule has 0 N–H and O–H groups in total. The molecule has 2 aromatic carbocycles. The van der Waals surface area contributed by atoms with E-state index in [-0.39, 0.29) is 12.0 Å². The number of carbonyl (C=O) groups excluding carboxylic acids is 2. The van der Waals surface area contributed by atoms with E-state index < -0.39 is 11.9 Å². The Kier molecular flexibility index (Phi) is 8.44. The van der Waals surface area contributed by atoms with E-state index in [4.69, 9.17) is 14.7 Å². The maximum atomic E-state index is 12.1. The van der Waals surface area contributed by atoms with Crippen LogP contribution in [0.5, 0.6) is 11.5 Å². The third-order valence-electron chi connectivity index (χ3n) is 3.80. The molecule has 0 unspecified atom stereocenters. The minimum absolute atomic E-state index is 0.143. The summed E-state index contributed by atoms with van der Waals surface area (Å²) in [6.07, 6.45) is 2.06. The average Bonchev–Trinajstić information content (AvgIpc) is 2.70. The molecule has 2 aromatic rings. The number of ether oxygens (including phenoxy) is 3. The van der Waals surface area contributed by atoms with Gasteiger partial charge in [0.1, 0.15) is 23.1 Å². The van der Waals surface area contributed by atoms with E-state index in [2.05, 4.69) is 20.7 Å². The zero-order valence-electron chi connectivity index (χ0n) is 16.1. The SMILES string of the molecule is COC(=O)/C(C#N)=C/c1cccc(OC(=O)CCCOc2ccc(C)cc2Br)c1. The fourth-order valence-corrected chi connectivity index (χ4v) is 2.99. The second-order valence-electron chi connectivity index (χ2n) is 6.09. The van der Waals surface area contributed by atoms with Crippen LogP contribution < -0.4 is 9.47 Å². The first kappa shape index (κ1) is 22.2. The van der Waals surface area contributed by atoms with E-state index >= 15 is 0 Å². The van der Waals surface area contributed by atoms with Crippen molar-refractivity contribution in [2.45, 2.75) is 19.8 Å². The van der Waals surface area contributed by atoms with Gasteiger partial charge in [-0.2, -0.15) is 5.26 Å². The van der Waals surface area contributed by atoms with Crippen LogP contribution in [-0.2, 0) is 14.3 Å². The molecular weight excluding hydrogens is 438 g/mol. The largest absolute Gasteiger partial charge is 0.492 e. The van der Waals surface area contributed by atoms with Gasteiger partial charge in [-0.15, -0.1) is 0 Å². The van der Waals surface area contributed by atoms with Crippen molar-refractivity contribution in [2.75, 3.05) is 13.7 Å². The number of aryl methyl sites for hydroxylation is 1. The molecule has 0 spiro atoms. The van der Waals surface area contributed by atoms with Crippen LogP contribution in [0.4, 0.5) is 0 Å². The van der Waals surface area contributed by atoms with Gasteiger partial charge in [-0.3, -0.25) is 4.79 Å². The molecule has 0 saturated heterocycles. The summed E-state index contributed by atoms with van der Waals surface area (Å²) in [5.41, 5.74) is 1.53. The van der Waals surface area contributed by atoms with Gasteiger partial charge in [0.15, 0.2) is 0 Å². The lowest BCUT2D eigenvalue weighted by Gasteiger charge is -2.09. The van der Waals surface area contributed by atoms with Crippen molar-refractivity contribution in [1.82, 2.24) is 0 Å². The lowest BCUT2D eigenvalue weighted by atomic mass is 10.1. The Morgan fingerprint density at radius 3 is 2.69 bits per heavy atom. The number of esters is 2. The summed E-state index contributed by atoms with van der Waals surface area (Å²) in [4.78, 5) is 23.5. The van der Waals surface area contributed by atoms with Crippen molar-refractivity contribution < 1.29 is 23.8 Å². The van der Waals surface area contributed by atoms with Gasteiger partial charge in [0.25, 0.3) is 0 Å². The van der Waals surface area contributed by atoms with Gasteiger partial charge in [-0.1, -0.05) is 18.2 Å². The van der Waals surface area contributed by atoms with E-state index in [1.807, 2.05) is 25.1 Å². The zero-order chi connectivity index (χ0) is 21.2. The molecule has 29 heavy (non-hydrogen) atoms. The Morgan fingerprint density at radius 2 is 2.00 bits per heavy atom. The number of rotatable bonds is 8. The van der Waals surface area contributed by atoms with Gasteiger partial charge in [0.05, 0.1) is 18.2 Å². The molecule has 0 amide bonds. The van der Waals surface area contributed by atoms with E-state index in [0.29, 0.717) is 24.3 Å². The Hall–Kier alpha value is -3.11. The second-order valence-corrected chi connectivity index (χ2v) is 6.95. The maximum absolute atomic E-state index is 12.1. The molecule has 7 heteroatoms. The smallest absolute Gasteiger partial charge is 0.348 e. The molecule has 0 aromatic heterocycles. The maximum Gasteiger partial charge on any atom is 0.348 e. The summed E-state index contributed by atoms with van der Waals surface area (Å²) >= 11 is 3.44. The van der Waals surface area contributed by atoms with Gasteiger partial charge in [0.2, 0.25) is 0 Å². The number of nitriles is 1. The molecule has 0 fully saturated rings. The van der Waals surface area contributed by atoms with Crippen LogP contribution in [0.15, 0.2) is 52.5 Å². The average molecular weight is 458 g/mol. The van der Waals surface area contributed by atoms with E-state index in [1.54, 1.807) is 30.3 Å². The van der Waals surface area contributed by atoms with E-state index in [1.165, 1.54) is 13.2 Å². The van der Waals surface area contributed by atoms with Crippen LogP contribution in [0.2, 0.25) is 0 Å². The summed E-state index contributed by atoms with van der Waals surface area (Å²) in [5.74, 6) is -0.0725. The standard InChI is InChI=1S/C22H20BrNO5/c1-15-8-9-20(19(23)11-15)28-10-4-7-21(25)29-18-6-3-5-16(13-18)12-17(14-24)22(26)27-2/h3,5-6,8-9,11-13H,4,7,10H2,1-2H3/b17-12+. The van der Waals surface area contributed by atoms with Crippen molar-refractivity contribution in [1.29, 1.82) is 5.26 Å². The highest BCUT2D eigenvalue weighted by atomic mass is 79.9. The Bertz CT molecular complexity index is 962. The molecule has 6 nitrogen and oxygen atoms in total. The molecule has 0 bridgehead atoms. The summed E-state index contributed by atoms with van der Waals surface area (Å²) in [5, 5.41) is 9.02. The number of nitrogens with zero attached hydrogens (tertiary/aromatic N) is 1. The van der Waals surface area contributed by atoms with Crippen LogP contribution in [0.25, 0.3) is 6.08 Å². The highest BCUT2D eigenvalue weighted by Gasteiger charge is 2.10. The van der Waals surface area contributed by atoms with Gasteiger partial charge in [0, 0.05) is 6.42 Å². The van der Waals surface area contributed by atoms with E-state index in [0.717, 1.165) is 15.8 Å². The van der Waals surface area contributed by atoms with Crippen molar-refractivity contribution in [2.24, 2.45) is 0 Å². The fraction of sp³-hybridized carbons (Fsp3) is 0.227. The summed E-state index contributed by atoms with van der Waals surface area (Å²) in [6, 6.07) is 14.1. The third kappa shape index (κ3) is 7.09. The molecule has 150 valence electrons. The number of hydrogen-bond acceptors (Lipinski definition) is 6. The lowest BCUT2D eigenvalue weighted by molar-refractivity contribution is -0.136. The first-order valence-electron chi connectivity index (χ1n) is 8.82. The van der Waals surface area contributed by atoms with Crippen LogP contribution in [0, 0.1) is 18.3 Å². The van der Waals surface area contributed by atoms with Crippen molar-refractivity contribution in [3.8, 4) is 17.6 Å². The summed E-state index contributed by atoms with van der Waals surface area (Å²) in [7, 11) is 1.20. The van der Waals surface area contributed by atoms with Gasteiger partial charge in [-0.25, -0.2) is 4.79 Å². The minimum Gasteiger partial charge on any atom is -0.492 e. The first-order valence-corrected chi connectivity index (χ1v) is 9.62. The monoisotopic (exact) mass is 457 g/mol. The molecular formula is C22H20BrNO5. The summed E-state index contributed by atoms with van der Waals surface area (Å²) in [6.45, 7) is 2.37. The van der Waals surface area contributed by atoms with Gasteiger partial charge >= 0.3 is 11.9 Å². The molecule has 0 heterocycles. The lowest BCUT2D eigenvalue weighted by Crippen LogP contribution is -2.10. The second kappa shape index (κ2) is 11.0. The zero-order valence-corrected chi connectivity index (χ0v) is 17.7. The molecule has 0 saturated carbocycles. The van der Waals surface area contributed by atoms with Crippen LogP contribution >= 0.6 is 15.9 Å². The number of hydrogen-bond donors (Lipinski definition) is 0. The van der Waals surface area contributed by atoms with Gasteiger partial charge in [-0.05, 0) is 70.7 Å². The van der Waals surface area contributed by atoms with Crippen LogP contribution in [0.1, 0.15) is 24.0 Å². The fourth-order valence-electron chi connectivity index (χ4n) is 2.39. The molecule has 0 aliphatic heterocycles. The highest BCUT2D eigenvalue weighted by molar-refractivity contribution is 9.10. The number of methoxy groups -OCH3 is 1. The molecule has 0 aliphatic carbocycles. The number of halogens is 1. The molecule has 2 rings (SSSR count). The van der Waals surface area contributed by atoms with Crippen LogP contribution in [0.3, 0.4) is 0 Å². The predicted octanol–water partition coefficient (Wildman–Crippen LogP) is 4.60. The first-order chi connectivity index (χ1) is 13.9.